The first kappa shape index (κ1) is 24.9. The molecule has 2 heterocycles. The fraction of sp³-hybridized carbons (Fsp3) is 0.0690. The van der Waals surface area contributed by atoms with Crippen LogP contribution in [0.3, 0.4) is 0 Å². The SMILES string of the molecule is NCc1cccc(NC(=O)Nc2ccc(-c3csc4c(Cc5ccc(C(=O)O)cc5)cnc(N)c34)cc2)c1. The summed E-state index contributed by atoms with van der Waals surface area (Å²) >= 11 is 1.59. The Bertz CT molecular complexity index is 1630. The molecule has 0 aliphatic carbocycles. The highest BCUT2D eigenvalue weighted by Crippen LogP contribution is 2.39. The van der Waals surface area contributed by atoms with Crippen molar-refractivity contribution < 1.29 is 14.7 Å². The van der Waals surface area contributed by atoms with Gasteiger partial charge in [0.1, 0.15) is 5.82 Å². The average molecular weight is 524 g/mol. The maximum absolute atomic E-state index is 12.4. The molecule has 0 radical (unpaired) electrons. The maximum atomic E-state index is 12.4. The monoisotopic (exact) mass is 523 g/mol. The van der Waals surface area contributed by atoms with Gasteiger partial charge in [0.05, 0.1) is 5.56 Å². The summed E-state index contributed by atoms with van der Waals surface area (Å²) in [7, 11) is 0. The number of amides is 2. The van der Waals surface area contributed by atoms with Gasteiger partial charge in [-0.2, -0.15) is 0 Å². The first-order valence-corrected chi connectivity index (χ1v) is 12.7. The molecule has 0 spiro atoms. The third-order valence-corrected chi connectivity index (χ3v) is 7.22. The van der Waals surface area contributed by atoms with Crippen molar-refractivity contribution in [2.24, 2.45) is 5.73 Å². The van der Waals surface area contributed by atoms with Gasteiger partial charge in [-0.25, -0.2) is 14.6 Å². The molecule has 9 heteroatoms. The highest BCUT2D eigenvalue weighted by atomic mass is 32.1. The van der Waals surface area contributed by atoms with Crippen molar-refractivity contribution in [3.8, 4) is 11.1 Å². The minimum atomic E-state index is -0.949. The normalized spacial score (nSPS) is 10.9. The van der Waals surface area contributed by atoms with Crippen LogP contribution in [-0.4, -0.2) is 22.1 Å². The highest BCUT2D eigenvalue weighted by Gasteiger charge is 2.15. The predicted molar refractivity (Wildman–Crippen MR) is 153 cm³/mol. The molecule has 0 saturated carbocycles. The molecule has 5 aromatic rings. The Morgan fingerprint density at radius 3 is 2.37 bits per heavy atom. The van der Waals surface area contributed by atoms with Crippen molar-refractivity contribution >= 4 is 50.6 Å². The van der Waals surface area contributed by atoms with Crippen molar-refractivity contribution in [1.82, 2.24) is 4.98 Å². The zero-order chi connectivity index (χ0) is 26.6. The summed E-state index contributed by atoms with van der Waals surface area (Å²) in [6.07, 6.45) is 2.38. The molecule has 190 valence electrons. The molecular weight excluding hydrogens is 498 g/mol. The molecule has 38 heavy (non-hydrogen) atoms. The number of aromatic carboxylic acids is 1. The number of carbonyl (C=O) groups is 2. The number of hydrogen-bond donors (Lipinski definition) is 5. The molecule has 3 aromatic carbocycles. The van der Waals surface area contributed by atoms with Crippen LogP contribution in [0.15, 0.2) is 84.4 Å². The number of anilines is 3. The number of nitrogens with one attached hydrogen (secondary N) is 2. The molecule has 0 saturated heterocycles. The van der Waals surface area contributed by atoms with Crippen LogP contribution in [0.2, 0.25) is 0 Å². The van der Waals surface area contributed by atoms with Crippen LogP contribution in [0.1, 0.15) is 27.0 Å². The Kier molecular flexibility index (Phi) is 7.03. The van der Waals surface area contributed by atoms with Crippen LogP contribution in [0.25, 0.3) is 21.2 Å². The van der Waals surface area contributed by atoms with Gasteiger partial charge in [-0.15, -0.1) is 11.3 Å². The van der Waals surface area contributed by atoms with E-state index in [-0.39, 0.29) is 11.6 Å². The lowest BCUT2D eigenvalue weighted by atomic mass is 10.0. The summed E-state index contributed by atoms with van der Waals surface area (Å²) in [6.45, 7) is 0.400. The number of pyridine rings is 1. The fourth-order valence-electron chi connectivity index (χ4n) is 4.25. The van der Waals surface area contributed by atoms with E-state index in [2.05, 4.69) is 21.0 Å². The van der Waals surface area contributed by atoms with Gasteiger partial charge in [-0.3, -0.25) is 0 Å². The molecular formula is C29H25N5O3S. The molecule has 0 unspecified atom stereocenters. The van der Waals surface area contributed by atoms with E-state index in [1.807, 2.05) is 54.6 Å². The molecule has 2 aromatic heterocycles. The number of nitrogen functional groups attached to an aromatic ring is 1. The largest absolute Gasteiger partial charge is 0.478 e. The van der Waals surface area contributed by atoms with Gasteiger partial charge in [-0.1, -0.05) is 36.4 Å². The van der Waals surface area contributed by atoms with E-state index >= 15 is 0 Å². The van der Waals surface area contributed by atoms with Crippen LogP contribution in [0, 0.1) is 0 Å². The molecule has 0 fully saturated rings. The number of urea groups is 1. The van der Waals surface area contributed by atoms with E-state index in [9.17, 15) is 9.59 Å². The number of nitrogens with two attached hydrogens (primary N) is 2. The standard InChI is InChI=1S/C29H25N5O3S/c30-14-18-2-1-3-23(13-18)34-29(37)33-22-10-8-19(9-11-22)24-16-38-26-21(15-32-27(31)25(24)26)12-17-4-6-20(7-5-17)28(35)36/h1-11,13,15-16H,12,14,30H2,(H2,31,32)(H,35,36)(H2,33,34,37). The van der Waals surface area contributed by atoms with Crippen molar-refractivity contribution in [2.45, 2.75) is 13.0 Å². The van der Waals surface area contributed by atoms with Crippen molar-refractivity contribution in [2.75, 3.05) is 16.4 Å². The van der Waals surface area contributed by atoms with Crippen LogP contribution in [0.4, 0.5) is 22.0 Å². The summed E-state index contributed by atoms with van der Waals surface area (Å²) in [4.78, 5) is 28.0. The van der Waals surface area contributed by atoms with Gasteiger partial charge in [0, 0.05) is 46.2 Å². The quantitative estimate of drug-likeness (QED) is 0.179. The van der Waals surface area contributed by atoms with Crippen LogP contribution >= 0.6 is 11.3 Å². The Morgan fingerprint density at radius 2 is 1.66 bits per heavy atom. The molecule has 7 N–H and O–H groups in total. The second-order valence-corrected chi connectivity index (χ2v) is 9.64. The van der Waals surface area contributed by atoms with Crippen molar-refractivity contribution in [3.05, 3.63) is 107 Å². The van der Waals surface area contributed by atoms with Crippen molar-refractivity contribution in [3.63, 3.8) is 0 Å². The fourth-order valence-corrected chi connectivity index (χ4v) is 5.34. The van der Waals surface area contributed by atoms with Gasteiger partial charge < -0.3 is 27.2 Å². The molecule has 8 nitrogen and oxygen atoms in total. The molecule has 5 rings (SSSR count). The number of carbonyl (C=O) groups excluding carboxylic acids is 1. The zero-order valence-corrected chi connectivity index (χ0v) is 21.1. The summed E-state index contributed by atoms with van der Waals surface area (Å²) in [6, 6.07) is 21.4. The summed E-state index contributed by atoms with van der Waals surface area (Å²) < 4.78 is 1.04. The van der Waals surface area contributed by atoms with E-state index < -0.39 is 5.97 Å². The van der Waals surface area contributed by atoms with Gasteiger partial charge in [-0.05, 0) is 64.0 Å². The van der Waals surface area contributed by atoms with E-state index in [0.717, 1.165) is 37.9 Å². The second-order valence-electron chi connectivity index (χ2n) is 8.76. The second kappa shape index (κ2) is 10.7. The highest BCUT2D eigenvalue weighted by molar-refractivity contribution is 7.18. The number of fused-ring (bicyclic) bond motifs is 1. The van der Waals surface area contributed by atoms with Gasteiger partial charge >= 0.3 is 12.0 Å². The summed E-state index contributed by atoms with van der Waals surface area (Å²) in [5, 5.41) is 17.7. The number of thiophene rings is 1. The van der Waals surface area contributed by atoms with Crippen molar-refractivity contribution in [1.29, 1.82) is 0 Å². The maximum Gasteiger partial charge on any atom is 0.335 e. The third kappa shape index (κ3) is 5.34. The number of aromatic nitrogens is 1. The smallest absolute Gasteiger partial charge is 0.335 e. The Labute approximate surface area is 223 Å². The van der Waals surface area contributed by atoms with E-state index in [4.69, 9.17) is 16.6 Å². The molecule has 2 amide bonds. The van der Waals surface area contributed by atoms with Crippen LogP contribution < -0.4 is 22.1 Å². The lowest BCUT2D eigenvalue weighted by Gasteiger charge is -2.10. The van der Waals surface area contributed by atoms with Crippen LogP contribution in [-0.2, 0) is 13.0 Å². The number of carboxylic acids is 1. The number of rotatable bonds is 7. The molecule has 0 bridgehead atoms. The Hall–Kier alpha value is -4.73. The number of carboxylic acid groups (broad SMARTS) is 1. The van der Waals surface area contributed by atoms with E-state index in [0.29, 0.717) is 30.2 Å². The number of benzene rings is 3. The third-order valence-electron chi connectivity index (χ3n) is 6.17. The first-order chi connectivity index (χ1) is 18.4. The first-order valence-electron chi connectivity index (χ1n) is 11.9. The summed E-state index contributed by atoms with van der Waals surface area (Å²) in [5.74, 6) is -0.502. The average Bonchev–Trinajstić information content (AvgIpc) is 3.37. The van der Waals surface area contributed by atoms with Gasteiger partial charge in [0.2, 0.25) is 0 Å². The predicted octanol–water partition coefficient (Wildman–Crippen LogP) is 5.94. The molecule has 0 aliphatic rings. The lowest BCUT2D eigenvalue weighted by Crippen LogP contribution is -2.19. The molecule has 0 aliphatic heterocycles. The summed E-state index contributed by atoms with van der Waals surface area (Å²) in [5.41, 5.74) is 18.4. The van der Waals surface area contributed by atoms with Gasteiger partial charge in [0.15, 0.2) is 0 Å². The number of hydrogen-bond acceptors (Lipinski definition) is 6. The Morgan fingerprint density at radius 1 is 0.921 bits per heavy atom. The topological polar surface area (TPSA) is 143 Å². The molecule has 0 atom stereocenters. The van der Waals surface area contributed by atoms with E-state index in [1.54, 1.807) is 35.7 Å². The number of nitrogens with zero attached hydrogens (tertiary/aromatic N) is 1. The Balaban J connectivity index is 1.34. The zero-order valence-electron chi connectivity index (χ0n) is 20.3. The minimum absolute atomic E-state index is 0.254. The minimum Gasteiger partial charge on any atom is -0.478 e. The van der Waals surface area contributed by atoms with Crippen LogP contribution in [0.5, 0.6) is 0 Å². The van der Waals surface area contributed by atoms with E-state index in [1.165, 1.54) is 0 Å². The lowest BCUT2D eigenvalue weighted by molar-refractivity contribution is 0.0697. The van der Waals surface area contributed by atoms with Gasteiger partial charge in [0.25, 0.3) is 0 Å².